The van der Waals surface area contributed by atoms with Crippen LogP contribution in [0.1, 0.15) is 25.7 Å². The van der Waals surface area contributed by atoms with Gasteiger partial charge in [-0.3, -0.25) is 19.8 Å². The lowest BCUT2D eigenvalue weighted by Gasteiger charge is -2.45. The second-order valence-electron chi connectivity index (χ2n) is 6.79. The number of nitrogens with zero attached hydrogens (tertiary/aromatic N) is 4. The summed E-state index contributed by atoms with van der Waals surface area (Å²) in [6, 6.07) is 1.69. The minimum atomic E-state index is -0.429. The number of rotatable bonds is 3. The third-order valence-corrected chi connectivity index (χ3v) is 5.18. The van der Waals surface area contributed by atoms with E-state index in [1.54, 1.807) is 10.1 Å². The summed E-state index contributed by atoms with van der Waals surface area (Å²) < 4.78 is 0. The van der Waals surface area contributed by atoms with Crippen molar-refractivity contribution in [2.24, 2.45) is 0 Å². The highest BCUT2D eigenvalue weighted by Gasteiger charge is 2.38. The highest BCUT2D eigenvalue weighted by atomic mass is 16.7. The molecule has 0 N–H and O–H groups in total. The highest BCUT2D eigenvalue weighted by Crippen LogP contribution is 2.41. The molecule has 0 aromatic carbocycles. The summed E-state index contributed by atoms with van der Waals surface area (Å²) >= 11 is 0. The summed E-state index contributed by atoms with van der Waals surface area (Å²) in [5.41, 5.74) is 0.541. The molecule has 0 saturated carbocycles. The van der Waals surface area contributed by atoms with Gasteiger partial charge in [0.2, 0.25) is 0 Å². The van der Waals surface area contributed by atoms with Crippen molar-refractivity contribution in [3.05, 3.63) is 46.7 Å². The van der Waals surface area contributed by atoms with Crippen LogP contribution in [-0.2, 0) is 9.68 Å². The fourth-order valence-electron chi connectivity index (χ4n) is 3.88. The summed E-state index contributed by atoms with van der Waals surface area (Å²) in [4.78, 5) is 27.2. The predicted octanol–water partition coefficient (Wildman–Crippen LogP) is 2.67. The minimum absolute atomic E-state index is 0.00994. The van der Waals surface area contributed by atoms with Gasteiger partial charge in [-0.2, -0.15) is 0 Å². The third-order valence-electron chi connectivity index (χ3n) is 5.18. The number of hydroxylamine groups is 2. The van der Waals surface area contributed by atoms with Crippen molar-refractivity contribution >= 4 is 17.2 Å². The van der Waals surface area contributed by atoms with Crippen molar-refractivity contribution in [2.45, 2.75) is 50.0 Å². The summed E-state index contributed by atoms with van der Waals surface area (Å²) in [5, 5.41) is 14.8. The highest BCUT2D eigenvalue weighted by molar-refractivity contribution is 5.70. The number of nitro groups is 1. The zero-order valence-corrected chi connectivity index (χ0v) is 13.5. The van der Waals surface area contributed by atoms with E-state index >= 15 is 0 Å². The molecular formula is C17H18N4O4. The van der Waals surface area contributed by atoms with Crippen LogP contribution < -0.4 is 10.1 Å². The smallest absolute Gasteiger partial charge is 0.265 e. The van der Waals surface area contributed by atoms with Crippen LogP contribution in [0.25, 0.3) is 0 Å². The fourth-order valence-corrected chi connectivity index (χ4v) is 3.88. The lowest BCUT2D eigenvalue weighted by Crippen LogP contribution is -2.49. The van der Waals surface area contributed by atoms with Gasteiger partial charge in [-0.1, -0.05) is 24.3 Å². The molecule has 5 heterocycles. The summed E-state index contributed by atoms with van der Waals surface area (Å²) in [5.74, 6) is 0.575. The Balaban J connectivity index is 1.58. The molecule has 7 rings (SSSR count). The van der Waals surface area contributed by atoms with Gasteiger partial charge in [-0.15, -0.1) is 0 Å². The van der Waals surface area contributed by atoms with Crippen molar-refractivity contribution in [2.75, 3.05) is 10.1 Å². The topological polar surface area (TPSA) is 81.0 Å². The van der Waals surface area contributed by atoms with E-state index in [0.717, 1.165) is 25.7 Å². The molecule has 4 atom stereocenters. The summed E-state index contributed by atoms with van der Waals surface area (Å²) in [6.45, 7) is 0. The van der Waals surface area contributed by atoms with Crippen LogP contribution >= 0.6 is 0 Å². The number of pyridine rings is 1. The number of anilines is 2. The Morgan fingerprint density at radius 2 is 1.64 bits per heavy atom. The summed E-state index contributed by atoms with van der Waals surface area (Å²) in [6.07, 6.45) is 13.5. The van der Waals surface area contributed by atoms with Gasteiger partial charge in [-0.25, -0.2) is 15.1 Å². The number of fused-ring (bicyclic) bond motifs is 4. The molecule has 130 valence electrons. The van der Waals surface area contributed by atoms with Gasteiger partial charge in [-0.05, 0) is 25.7 Å². The van der Waals surface area contributed by atoms with Gasteiger partial charge in [0.1, 0.15) is 24.1 Å². The molecule has 1 aromatic rings. The van der Waals surface area contributed by atoms with Crippen molar-refractivity contribution < 1.29 is 14.6 Å². The van der Waals surface area contributed by atoms with Crippen LogP contribution in [-0.4, -0.2) is 34.2 Å². The second kappa shape index (κ2) is 5.53. The van der Waals surface area contributed by atoms with Gasteiger partial charge in [0.05, 0.1) is 17.0 Å². The molecule has 0 radical (unpaired) electrons. The monoisotopic (exact) mass is 342 g/mol. The van der Waals surface area contributed by atoms with Crippen molar-refractivity contribution in [1.29, 1.82) is 0 Å². The van der Waals surface area contributed by atoms with Gasteiger partial charge >= 0.3 is 0 Å². The Morgan fingerprint density at radius 3 is 2.12 bits per heavy atom. The maximum absolute atomic E-state index is 11.2. The SMILES string of the molecule is O=[N+]([O-])c1cnc(N2OC3C=CC2CC3)c(N2OC3C=CC2CC3)c1. The molecule has 2 saturated heterocycles. The Bertz CT molecular complexity index is 780. The molecular weight excluding hydrogens is 324 g/mol. The van der Waals surface area contributed by atoms with Crippen LogP contribution in [0.2, 0.25) is 0 Å². The average Bonchev–Trinajstić information content (AvgIpc) is 2.69. The van der Waals surface area contributed by atoms with E-state index in [-0.39, 0.29) is 30.0 Å². The molecule has 0 amide bonds. The predicted molar refractivity (Wildman–Crippen MR) is 89.9 cm³/mol. The van der Waals surface area contributed by atoms with E-state index in [2.05, 4.69) is 29.3 Å². The molecule has 4 aliphatic heterocycles. The van der Waals surface area contributed by atoms with E-state index in [1.165, 1.54) is 12.3 Å². The van der Waals surface area contributed by atoms with Crippen LogP contribution in [0.5, 0.6) is 0 Å². The van der Waals surface area contributed by atoms with Crippen LogP contribution in [0.15, 0.2) is 36.6 Å². The van der Waals surface area contributed by atoms with Crippen LogP contribution in [0.3, 0.4) is 0 Å². The zero-order valence-electron chi connectivity index (χ0n) is 13.5. The Hall–Kier alpha value is -2.45. The first-order chi connectivity index (χ1) is 12.2. The first-order valence-electron chi connectivity index (χ1n) is 8.62. The van der Waals surface area contributed by atoms with Gasteiger partial charge in [0, 0.05) is 6.07 Å². The molecule has 8 nitrogen and oxygen atoms in total. The third kappa shape index (κ3) is 2.40. The normalized spacial score (nSPS) is 32.5. The van der Waals surface area contributed by atoms with Crippen LogP contribution in [0.4, 0.5) is 17.2 Å². The van der Waals surface area contributed by atoms with Gasteiger partial charge in [0.25, 0.3) is 5.69 Å². The van der Waals surface area contributed by atoms with Crippen molar-refractivity contribution in [1.82, 2.24) is 4.98 Å². The number of aromatic nitrogens is 1. The lowest BCUT2D eigenvalue weighted by atomic mass is 9.97. The minimum Gasteiger partial charge on any atom is -0.265 e. The molecule has 8 heteroatoms. The first-order valence-corrected chi connectivity index (χ1v) is 8.62. The Kier molecular flexibility index (Phi) is 3.29. The van der Waals surface area contributed by atoms with Crippen molar-refractivity contribution in [3.63, 3.8) is 0 Å². The Labute approximate surface area is 144 Å². The number of hydrogen-bond acceptors (Lipinski definition) is 7. The van der Waals surface area contributed by atoms with E-state index < -0.39 is 4.92 Å². The standard InChI is InChI=1S/C17H18N4O4/c22-21(23)13-9-16(19-11-1-5-14(24-19)6-2-11)17(18-10-13)20-12-3-7-15(25-20)8-4-12/h1,3,5,7,9-12,14-15H,2,4,6,8H2. The zero-order chi connectivity index (χ0) is 17.0. The number of hydrogen-bond donors (Lipinski definition) is 0. The molecule has 1 aromatic heterocycles. The second-order valence-corrected chi connectivity index (χ2v) is 6.79. The maximum atomic E-state index is 11.2. The maximum Gasteiger partial charge on any atom is 0.289 e. The fraction of sp³-hybridized carbons (Fsp3) is 0.471. The van der Waals surface area contributed by atoms with E-state index in [4.69, 9.17) is 9.68 Å². The summed E-state index contributed by atoms with van der Waals surface area (Å²) in [7, 11) is 0. The molecule has 2 fully saturated rings. The average molecular weight is 342 g/mol. The van der Waals surface area contributed by atoms with Crippen LogP contribution in [0, 0.1) is 10.1 Å². The molecule has 25 heavy (non-hydrogen) atoms. The van der Waals surface area contributed by atoms with Gasteiger partial charge < -0.3 is 0 Å². The quantitative estimate of drug-likeness (QED) is 0.474. The molecule has 6 aliphatic rings. The Morgan fingerprint density at radius 1 is 1.00 bits per heavy atom. The van der Waals surface area contributed by atoms with E-state index in [1.807, 2.05) is 0 Å². The molecule has 2 aliphatic carbocycles. The molecule has 4 unspecified atom stereocenters. The lowest BCUT2D eigenvalue weighted by molar-refractivity contribution is -0.385. The molecule has 4 bridgehead atoms. The first kappa shape index (κ1) is 14.9. The van der Waals surface area contributed by atoms with Gasteiger partial charge in [0.15, 0.2) is 5.82 Å². The van der Waals surface area contributed by atoms with E-state index in [0.29, 0.717) is 11.5 Å². The van der Waals surface area contributed by atoms with E-state index in [9.17, 15) is 10.1 Å². The largest absolute Gasteiger partial charge is 0.289 e. The van der Waals surface area contributed by atoms with Crippen molar-refractivity contribution in [3.8, 4) is 0 Å². The molecule has 0 spiro atoms.